The van der Waals surface area contributed by atoms with Gasteiger partial charge in [0.1, 0.15) is 11.5 Å². The third-order valence-electron chi connectivity index (χ3n) is 6.39. The number of carbonyl (C=O) groups is 1. The van der Waals surface area contributed by atoms with Crippen LogP contribution in [0.4, 0.5) is 10.1 Å². The Morgan fingerprint density at radius 2 is 1.85 bits per heavy atom. The maximum atomic E-state index is 13.5. The summed E-state index contributed by atoms with van der Waals surface area (Å²) in [6.45, 7) is 1.90. The quantitative estimate of drug-likeness (QED) is 0.321. The van der Waals surface area contributed by atoms with Crippen LogP contribution in [0, 0.1) is 12.7 Å². The number of halogens is 2. The minimum absolute atomic E-state index is 0.191. The average Bonchev–Trinajstić information content (AvgIpc) is 3.50. The van der Waals surface area contributed by atoms with Crippen molar-refractivity contribution in [2.45, 2.75) is 45.1 Å². The van der Waals surface area contributed by atoms with Gasteiger partial charge in [0, 0.05) is 22.3 Å². The van der Waals surface area contributed by atoms with Gasteiger partial charge in [-0.05, 0) is 73.9 Å². The number of carbonyl (C=O) groups excluding carboxylic acids is 1. The molecule has 0 unspecified atom stereocenters. The average molecular weight is 478 g/mol. The highest BCUT2D eigenvalue weighted by Crippen LogP contribution is 2.38. The van der Waals surface area contributed by atoms with Crippen molar-refractivity contribution in [3.63, 3.8) is 0 Å². The third kappa shape index (κ3) is 4.50. The molecule has 1 saturated carbocycles. The van der Waals surface area contributed by atoms with Gasteiger partial charge in [-0.15, -0.1) is 0 Å². The van der Waals surface area contributed by atoms with Crippen molar-refractivity contribution >= 4 is 23.2 Å². The van der Waals surface area contributed by atoms with Crippen LogP contribution in [0.2, 0.25) is 5.02 Å². The van der Waals surface area contributed by atoms with Gasteiger partial charge in [0.25, 0.3) is 5.91 Å². The lowest BCUT2D eigenvalue weighted by molar-refractivity contribution is 0.0997. The van der Waals surface area contributed by atoms with Crippen molar-refractivity contribution in [3.8, 4) is 22.7 Å². The molecule has 0 saturated heterocycles. The molecule has 1 aliphatic rings. The first-order valence-corrected chi connectivity index (χ1v) is 11.9. The van der Waals surface area contributed by atoms with Crippen LogP contribution in [0.5, 0.6) is 0 Å². The molecule has 2 aromatic heterocycles. The van der Waals surface area contributed by atoms with Gasteiger partial charge in [0.05, 0.1) is 12.0 Å². The van der Waals surface area contributed by atoms with Gasteiger partial charge in [-0.2, -0.15) is 0 Å². The van der Waals surface area contributed by atoms with Gasteiger partial charge < -0.3 is 14.3 Å². The van der Waals surface area contributed by atoms with Crippen molar-refractivity contribution < 1.29 is 13.6 Å². The van der Waals surface area contributed by atoms with Crippen LogP contribution in [0.1, 0.15) is 54.3 Å². The molecule has 0 radical (unpaired) electrons. The van der Waals surface area contributed by atoms with Gasteiger partial charge in [-0.25, -0.2) is 9.37 Å². The molecule has 0 atom stereocenters. The third-order valence-corrected chi connectivity index (χ3v) is 6.63. The molecule has 0 spiro atoms. The molecule has 1 aliphatic carbocycles. The minimum Gasteiger partial charge on any atom is -0.449 e. The Morgan fingerprint density at radius 3 is 2.62 bits per heavy atom. The largest absolute Gasteiger partial charge is 0.449 e. The Labute approximate surface area is 202 Å². The van der Waals surface area contributed by atoms with Crippen molar-refractivity contribution in [2.75, 3.05) is 5.32 Å². The maximum absolute atomic E-state index is 13.5. The SMILES string of the molecule is Cc1ccc(Cl)cc1NC(=O)c1ccc(-c2c(-c3ccc(F)cc3)ncn2C2CCCCC2)o1. The summed E-state index contributed by atoms with van der Waals surface area (Å²) in [7, 11) is 0. The zero-order valence-electron chi connectivity index (χ0n) is 18.9. The standard InChI is InChI=1S/C27H25ClFN3O2/c1-17-7-10-19(28)15-22(17)31-27(33)24-14-13-23(34-24)26-25(18-8-11-20(29)12-9-18)30-16-32(26)21-5-3-2-4-6-21/h7-16,21H,2-6H2,1H3,(H,31,33). The number of amides is 1. The second-order valence-corrected chi connectivity index (χ2v) is 9.16. The van der Waals surface area contributed by atoms with E-state index in [1.807, 2.05) is 19.3 Å². The maximum Gasteiger partial charge on any atom is 0.291 e. The molecule has 1 N–H and O–H groups in total. The predicted octanol–water partition coefficient (Wildman–Crippen LogP) is 7.67. The summed E-state index contributed by atoms with van der Waals surface area (Å²) in [5.74, 6) is 0.0835. The van der Waals surface area contributed by atoms with E-state index in [0.29, 0.717) is 28.2 Å². The first-order chi connectivity index (χ1) is 16.5. The number of aryl methyl sites for hydroxylation is 1. The molecule has 0 bridgehead atoms. The van der Waals surface area contributed by atoms with Crippen LogP contribution in [0.15, 0.2) is 65.3 Å². The molecule has 174 valence electrons. The van der Waals surface area contributed by atoms with Crippen LogP contribution >= 0.6 is 11.6 Å². The first kappa shape index (κ1) is 22.4. The van der Waals surface area contributed by atoms with Crippen molar-refractivity contribution in [3.05, 3.63) is 83.1 Å². The van der Waals surface area contributed by atoms with Gasteiger partial charge in [0.2, 0.25) is 0 Å². The molecule has 4 aromatic rings. The van der Waals surface area contributed by atoms with Crippen LogP contribution < -0.4 is 5.32 Å². The number of furan rings is 1. The van der Waals surface area contributed by atoms with Gasteiger partial charge >= 0.3 is 0 Å². The lowest BCUT2D eigenvalue weighted by atomic mass is 9.95. The fourth-order valence-corrected chi connectivity index (χ4v) is 4.73. The number of imidazole rings is 1. The summed E-state index contributed by atoms with van der Waals surface area (Å²) in [5.41, 5.74) is 3.84. The zero-order valence-corrected chi connectivity index (χ0v) is 19.6. The van der Waals surface area contributed by atoms with E-state index in [2.05, 4.69) is 14.9 Å². The Hall–Kier alpha value is -3.38. The molecule has 5 rings (SSSR count). The number of aromatic nitrogens is 2. The summed E-state index contributed by atoms with van der Waals surface area (Å²) < 4.78 is 21.8. The molecule has 7 heteroatoms. The number of anilines is 1. The highest BCUT2D eigenvalue weighted by atomic mass is 35.5. The lowest BCUT2D eigenvalue weighted by Crippen LogP contribution is -2.13. The second-order valence-electron chi connectivity index (χ2n) is 8.73. The van der Waals surface area contributed by atoms with E-state index >= 15 is 0 Å². The molecular weight excluding hydrogens is 453 g/mol. The van der Waals surface area contributed by atoms with Crippen LogP contribution in [-0.2, 0) is 0 Å². The lowest BCUT2D eigenvalue weighted by Gasteiger charge is -2.24. The number of benzene rings is 2. The van der Waals surface area contributed by atoms with E-state index in [4.69, 9.17) is 16.0 Å². The summed E-state index contributed by atoms with van der Waals surface area (Å²) in [6, 6.07) is 15.4. The van der Waals surface area contributed by atoms with E-state index in [1.165, 1.54) is 31.4 Å². The Balaban J connectivity index is 1.51. The number of rotatable bonds is 5. The Kier molecular flexibility index (Phi) is 6.24. The van der Waals surface area contributed by atoms with E-state index in [-0.39, 0.29) is 17.5 Å². The first-order valence-electron chi connectivity index (χ1n) is 11.5. The normalized spacial score (nSPS) is 14.3. The number of hydrogen-bond donors (Lipinski definition) is 1. The molecule has 2 aromatic carbocycles. The van der Waals surface area contributed by atoms with Crippen LogP contribution in [0.25, 0.3) is 22.7 Å². The van der Waals surface area contributed by atoms with Gasteiger partial charge in [-0.1, -0.05) is 36.9 Å². The van der Waals surface area contributed by atoms with Gasteiger partial charge in [0.15, 0.2) is 11.5 Å². The van der Waals surface area contributed by atoms with Crippen molar-refractivity contribution in [1.29, 1.82) is 0 Å². The summed E-state index contributed by atoms with van der Waals surface area (Å²) in [6.07, 6.45) is 7.53. The molecule has 1 fully saturated rings. The highest BCUT2D eigenvalue weighted by molar-refractivity contribution is 6.31. The van der Waals surface area contributed by atoms with E-state index in [9.17, 15) is 9.18 Å². The molecule has 2 heterocycles. The summed E-state index contributed by atoms with van der Waals surface area (Å²) in [4.78, 5) is 17.6. The van der Waals surface area contributed by atoms with Crippen LogP contribution in [-0.4, -0.2) is 15.5 Å². The molecule has 1 amide bonds. The van der Waals surface area contributed by atoms with Crippen LogP contribution in [0.3, 0.4) is 0 Å². The molecular formula is C27H25ClFN3O2. The van der Waals surface area contributed by atoms with Gasteiger partial charge in [-0.3, -0.25) is 4.79 Å². The van der Waals surface area contributed by atoms with E-state index in [1.54, 1.807) is 36.4 Å². The van der Waals surface area contributed by atoms with Crippen molar-refractivity contribution in [1.82, 2.24) is 9.55 Å². The minimum atomic E-state index is -0.358. The second kappa shape index (κ2) is 9.47. The topological polar surface area (TPSA) is 60.1 Å². The zero-order chi connectivity index (χ0) is 23.7. The Morgan fingerprint density at radius 1 is 1.09 bits per heavy atom. The predicted molar refractivity (Wildman–Crippen MR) is 132 cm³/mol. The number of hydrogen-bond acceptors (Lipinski definition) is 3. The Bertz CT molecular complexity index is 1320. The number of nitrogens with zero attached hydrogens (tertiary/aromatic N) is 2. The summed E-state index contributed by atoms with van der Waals surface area (Å²) >= 11 is 6.09. The smallest absolute Gasteiger partial charge is 0.291 e. The molecule has 0 aliphatic heterocycles. The van der Waals surface area contributed by atoms with E-state index < -0.39 is 0 Å². The fraction of sp³-hybridized carbons (Fsp3) is 0.259. The summed E-state index contributed by atoms with van der Waals surface area (Å²) in [5, 5.41) is 3.42. The number of nitrogens with one attached hydrogen (secondary N) is 1. The molecule has 34 heavy (non-hydrogen) atoms. The van der Waals surface area contributed by atoms with E-state index in [0.717, 1.165) is 29.7 Å². The fourth-order valence-electron chi connectivity index (χ4n) is 4.56. The van der Waals surface area contributed by atoms with Crippen molar-refractivity contribution in [2.24, 2.45) is 0 Å². The monoisotopic (exact) mass is 477 g/mol. The highest BCUT2D eigenvalue weighted by Gasteiger charge is 2.25. The molecule has 5 nitrogen and oxygen atoms in total.